The van der Waals surface area contributed by atoms with Gasteiger partial charge < -0.3 is 20.5 Å². The Balaban J connectivity index is 1.51. The van der Waals surface area contributed by atoms with Crippen LogP contribution in [0.4, 0.5) is 11.4 Å². The monoisotopic (exact) mass is 282 g/mol. The first-order valence-electron chi connectivity index (χ1n) is 7.32. The lowest BCUT2D eigenvalue weighted by Crippen LogP contribution is -2.16. The maximum absolute atomic E-state index is 6.11. The maximum atomic E-state index is 6.11. The van der Waals surface area contributed by atoms with Gasteiger partial charge in [-0.15, -0.1) is 0 Å². The van der Waals surface area contributed by atoms with Crippen LogP contribution in [0.5, 0.6) is 11.5 Å². The summed E-state index contributed by atoms with van der Waals surface area (Å²) < 4.78 is 11.1. The van der Waals surface area contributed by atoms with Crippen LogP contribution >= 0.6 is 0 Å². The van der Waals surface area contributed by atoms with Crippen molar-refractivity contribution in [2.24, 2.45) is 0 Å². The van der Waals surface area contributed by atoms with E-state index >= 15 is 0 Å². The van der Waals surface area contributed by atoms with Crippen molar-refractivity contribution < 1.29 is 9.47 Å². The molecule has 3 N–H and O–H groups in total. The molecule has 0 spiro atoms. The average Bonchev–Trinajstić information content (AvgIpc) is 3.28. The second-order valence-electron chi connectivity index (χ2n) is 5.59. The van der Waals surface area contributed by atoms with Crippen molar-refractivity contribution in [3.05, 3.63) is 48.0 Å². The van der Waals surface area contributed by atoms with Crippen LogP contribution in [0.3, 0.4) is 0 Å². The van der Waals surface area contributed by atoms with Gasteiger partial charge in [-0.05, 0) is 12.0 Å². The second kappa shape index (κ2) is 4.88. The predicted molar refractivity (Wildman–Crippen MR) is 83.1 cm³/mol. The molecular formula is C17H18N2O2. The summed E-state index contributed by atoms with van der Waals surface area (Å²) in [7, 11) is 0. The van der Waals surface area contributed by atoms with Crippen LogP contribution in [0.1, 0.15) is 17.9 Å². The number of fused-ring (bicyclic) bond motifs is 1. The number of ether oxygens (including phenoxy) is 2. The molecule has 0 amide bonds. The Hall–Kier alpha value is -2.36. The minimum Gasteiger partial charge on any atom is -0.486 e. The van der Waals surface area contributed by atoms with E-state index in [1.807, 2.05) is 18.2 Å². The molecule has 0 aromatic heterocycles. The number of nitrogens with two attached hydrogens (primary N) is 1. The third-order valence-electron chi connectivity index (χ3n) is 4.07. The highest BCUT2D eigenvalue weighted by Crippen LogP contribution is 2.45. The SMILES string of the molecule is Nc1cc2c(cc1NC1CC1c1ccccc1)OCCO2. The van der Waals surface area contributed by atoms with E-state index in [2.05, 4.69) is 29.6 Å². The van der Waals surface area contributed by atoms with E-state index in [0.29, 0.717) is 30.9 Å². The summed E-state index contributed by atoms with van der Waals surface area (Å²) in [5.74, 6) is 2.08. The van der Waals surface area contributed by atoms with Crippen LogP contribution in [0.2, 0.25) is 0 Å². The number of anilines is 2. The van der Waals surface area contributed by atoms with E-state index in [9.17, 15) is 0 Å². The van der Waals surface area contributed by atoms with Crippen molar-refractivity contribution in [2.75, 3.05) is 24.3 Å². The van der Waals surface area contributed by atoms with Crippen LogP contribution in [0.25, 0.3) is 0 Å². The number of nitrogens with one attached hydrogen (secondary N) is 1. The van der Waals surface area contributed by atoms with E-state index in [1.165, 1.54) is 5.56 Å². The lowest BCUT2D eigenvalue weighted by Gasteiger charge is -2.20. The molecule has 1 aliphatic carbocycles. The molecule has 2 aromatic carbocycles. The molecule has 2 unspecified atom stereocenters. The van der Waals surface area contributed by atoms with Crippen molar-refractivity contribution in [3.8, 4) is 11.5 Å². The molecule has 21 heavy (non-hydrogen) atoms. The first-order chi connectivity index (χ1) is 10.3. The summed E-state index contributed by atoms with van der Waals surface area (Å²) in [6, 6.07) is 14.8. The molecule has 4 rings (SSSR count). The Kier molecular flexibility index (Phi) is 2.88. The number of nitrogen functional groups attached to an aromatic ring is 1. The fourth-order valence-corrected chi connectivity index (χ4v) is 2.85. The van der Waals surface area contributed by atoms with E-state index < -0.39 is 0 Å². The molecule has 108 valence electrons. The van der Waals surface area contributed by atoms with Gasteiger partial charge in [-0.25, -0.2) is 0 Å². The van der Waals surface area contributed by atoms with Crippen molar-refractivity contribution in [2.45, 2.75) is 18.4 Å². The van der Waals surface area contributed by atoms with Crippen LogP contribution < -0.4 is 20.5 Å². The fraction of sp³-hybridized carbons (Fsp3) is 0.294. The summed E-state index contributed by atoms with van der Waals surface area (Å²) in [6.07, 6.45) is 1.14. The predicted octanol–water partition coefficient (Wildman–Crippen LogP) is 3.01. The normalized spacial score (nSPS) is 22.7. The first-order valence-corrected chi connectivity index (χ1v) is 7.32. The second-order valence-corrected chi connectivity index (χ2v) is 5.59. The zero-order valence-electron chi connectivity index (χ0n) is 11.7. The topological polar surface area (TPSA) is 56.5 Å². The molecule has 1 aliphatic heterocycles. The van der Waals surface area contributed by atoms with Gasteiger partial charge in [0.25, 0.3) is 0 Å². The quantitative estimate of drug-likeness (QED) is 0.850. The minimum absolute atomic E-state index is 0.442. The molecule has 4 heteroatoms. The van der Waals surface area contributed by atoms with Gasteiger partial charge in [0.15, 0.2) is 11.5 Å². The van der Waals surface area contributed by atoms with Crippen LogP contribution in [0, 0.1) is 0 Å². The van der Waals surface area contributed by atoms with Gasteiger partial charge in [0, 0.05) is 24.1 Å². The molecule has 1 saturated carbocycles. The summed E-state index contributed by atoms with van der Waals surface area (Å²) in [4.78, 5) is 0. The Morgan fingerprint density at radius 3 is 2.48 bits per heavy atom. The van der Waals surface area contributed by atoms with Crippen LogP contribution in [0.15, 0.2) is 42.5 Å². The molecule has 1 fully saturated rings. The van der Waals surface area contributed by atoms with Gasteiger partial charge in [-0.3, -0.25) is 0 Å². The summed E-state index contributed by atoms with van der Waals surface area (Å²) in [5, 5.41) is 3.52. The van der Waals surface area contributed by atoms with Crippen molar-refractivity contribution in [1.82, 2.24) is 0 Å². The number of hydrogen-bond acceptors (Lipinski definition) is 4. The van der Waals surface area contributed by atoms with Gasteiger partial charge in [0.2, 0.25) is 0 Å². The molecule has 1 heterocycles. The van der Waals surface area contributed by atoms with Crippen LogP contribution in [-0.4, -0.2) is 19.3 Å². The molecule has 0 saturated heterocycles. The third-order valence-corrected chi connectivity index (χ3v) is 4.07. The molecular weight excluding hydrogens is 264 g/mol. The summed E-state index contributed by atoms with van der Waals surface area (Å²) in [5.41, 5.74) is 9.13. The molecule has 2 aliphatic rings. The molecule has 4 nitrogen and oxygen atoms in total. The maximum Gasteiger partial charge on any atom is 0.163 e. The zero-order chi connectivity index (χ0) is 14.2. The Bertz CT molecular complexity index is 657. The minimum atomic E-state index is 0.442. The third kappa shape index (κ3) is 2.37. The Morgan fingerprint density at radius 1 is 1.00 bits per heavy atom. The van der Waals surface area contributed by atoms with Gasteiger partial charge in [-0.1, -0.05) is 30.3 Å². The fourth-order valence-electron chi connectivity index (χ4n) is 2.85. The van der Waals surface area contributed by atoms with Gasteiger partial charge in [0.1, 0.15) is 13.2 Å². The smallest absolute Gasteiger partial charge is 0.163 e. The van der Waals surface area contributed by atoms with Gasteiger partial charge >= 0.3 is 0 Å². The number of rotatable bonds is 3. The Morgan fingerprint density at radius 2 is 1.71 bits per heavy atom. The first kappa shape index (κ1) is 12.4. The molecule has 0 bridgehead atoms. The Labute approximate surface area is 123 Å². The number of benzene rings is 2. The highest BCUT2D eigenvalue weighted by molar-refractivity contribution is 5.73. The zero-order valence-corrected chi connectivity index (χ0v) is 11.7. The average molecular weight is 282 g/mol. The molecule has 2 atom stereocenters. The van der Waals surface area contributed by atoms with Gasteiger partial charge in [0.05, 0.1) is 11.4 Å². The van der Waals surface area contributed by atoms with E-state index in [4.69, 9.17) is 15.2 Å². The van der Waals surface area contributed by atoms with Crippen molar-refractivity contribution >= 4 is 11.4 Å². The summed E-state index contributed by atoms with van der Waals surface area (Å²) in [6.45, 7) is 1.17. The highest BCUT2D eigenvalue weighted by Gasteiger charge is 2.38. The van der Waals surface area contributed by atoms with E-state index in [1.54, 1.807) is 0 Å². The van der Waals surface area contributed by atoms with Crippen LogP contribution in [-0.2, 0) is 0 Å². The summed E-state index contributed by atoms with van der Waals surface area (Å²) >= 11 is 0. The van der Waals surface area contributed by atoms with Gasteiger partial charge in [-0.2, -0.15) is 0 Å². The van der Waals surface area contributed by atoms with E-state index in [-0.39, 0.29) is 0 Å². The van der Waals surface area contributed by atoms with Crippen molar-refractivity contribution in [1.29, 1.82) is 0 Å². The standard InChI is InChI=1S/C17H18N2O2/c18-13-9-16-17(21-7-6-20-16)10-15(13)19-14-8-12(14)11-4-2-1-3-5-11/h1-5,9-10,12,14,19H,6-8,18H2. The lowest BCUT2D eigenvalue weighted by atomic mass is 10.1. The van der Waals surface area contributed by atoms with E-state index in [0.717, 1.165) is 23.6 Å². The molecule has 0 radical (unpaired) electrons. The lowest BCUT2D eigenvalue weighted by molar-refractivity contribution is 0.172. The number of hydrogen-bond donors (Lipinski definition) is 2. The van der Waals surface area contributed by atoms with Crippen molar-refractivity contribution in [3.63, 3.8) is 0 Å². The molecule has 2 aromatic rings. The largest absolute Gasteiger partial charge is 0.486 e. The highest BCUT2D eigenvalue weighted by atomic mass is 16.6.